The zero-order valence-electron chi connectivity index (χ0n) is 14.7. The molecule has 3 aromatic carbocycles. The Labute approximate surface area is 164 Å². The van der Waals surface area contributed by atoms with Crippen LogP contribution in [0.3, 0.4) is 0 Å². The number of carbonyl (C=O) groups excluding carboxylic acids is 2. The first-order valence-electron chi connectivity index (χ1n) is 8.23. The quantitative estimate of drug-likeness (QED) is 0.444. The lowest BCUT2D eigenvalue weighted by Crippen LogP contribution is -2.16. The molecular formula is C21H14O8. The number of rotatable bonds is 5. The molecule has 3 aromatic rings. The lowest BCUT2D eigenvalue weighted by Gasteiger charge is -2.09. The van der Waals surface area contributed by atoms with Gasteiger partial charge in [0.25, 0.3) is 0 Å². The molecule has 8 heteroatoms. The Hall–Kier alpha value is -4.33. The molecule has 0 aliphatic carbocycles. The fourth-order valence-corrected chi connectivity index (χ4v) is 2.38. The van der Waals surface area contributed by atoms with Crippen LogP contribution < -0.4 is 9.47 Å². The van der Waals surface area contributed by atoms with Crippen LogP contribution in [-0.4, -0.2) is 33.2 Å². The average Bonchev–Trinajstić information content (AvgIpc) is 2.70. The Morgan fingerprint density at radius 1 is 0.621 bits per heavy atom. The Morgan fingerprint density at radius 2 is 1.10 bits per heavy atom. The van der Waals surface area contributed by atoms with Crippen LogP contribution in [-0.2, 0) is 0 Å². The summed E-state index contributed by atoms with van der Waals surface area (Å²) >= 11 is 0. The minimum Gasteiger partial charge on any atom is -0.508 e. The summed E-state index contributed by atoms with van der Waals surface area (Å²) in [6.45, 7) is 0. The zero-order chi connectivity index (χ0) is 21.0. The second-order valence-corrected chi connectivity index (χ2v) is 5.83. The molecule has 0 aromatic heterocycles. The van der Waals surface area contributed by atoms with Crippen molar-refractivity contribution in [3.05, 3.63) is 83.4 Å². The van der Waals surface area contributed by atoms with Gasteiger partial charge in [0.1, 0.15) is 23.0 Å². The summed E-state index contributed by atoms with van der Waals surface area (Å²) in [6.07, 6.45) is 0. The van der Waals surface area contributed by atoms with E-state index in [4.69, 9.17) is 9.47 Å². The molecule has 146 valence electrons. The molecule has 0 atom stereocenters. The lowest BCUT2D eigenvalue weighted by atomic mass is 10.0. The minimum atomic E-state index is -1.43. The highest BCUT2D eigenvalue weighted by molar-refractivity contribution is 6.05. The summed E-state index contributed by atoms with van der Waals surface area (Å²) in [4.78, 5) is 36.2. The van der Waals surface area contributed by atoms with Crippen molar-refractivity contribution in [1.82, 2.24) is 0 Å². The van der Waals surface area contributed by atoms with Gasteiger partial charge in [-0.05, 0) is 66.7 Å². The van der Waals surface area contributed by atoms with Crippen molar-refractivity contribution in [2.45, 2.75) is 0 Å². The standard InChI is InChI=1S/C21H14O8/c22-13-2-6-15(7-3-13)28-20(26)12-1-10-17(18(11-12)19(24)25)21(27)29-16-8-4-14(23)5-9-16/h1-11,22-23H,(H,24,25). The Bertz CT molecular complexity index is 1070. The van der Waals surface area contributed by atoms with Crippen molar-refractivity contribution in [3.8, 4) is 23.0 Å². The van der Waals surface area contributed by atoms with Gasteiger partial charge >= 0.3 is 17.9 Å². The molecule has 0 unspecified atom stereocenters. The van der Waals surface area contributed by atoms with E-state index in [1.165, 1.54) is 54.6 Å². The predicted octanol–water partition coefficient (Wildman–Crippen LogP) is 3.23. The molecular weight excluding hydrogens is 380 g/mol. The van der Waals surface area contributed by atoms with Crippen LogP contribution in [0, 0.1) is 0 Å². The third-order valence-corrected chi connectivity index (χ3v) is 3.80. The van der Waals surface area contributed by atoms with Gasteiger partial charge in [0.2, 0.25) is 0 Å². The number of carboxylic acids is 1. The number of hydrogen-bond donors (Lipinski definition) is 3. The number of hydrogen-bond acceptors (Lipinski definition) is 7. The second-order valence-electron chi connectivity index (χ2n) is 5.83. The van der Waals surface area contributed by atoms with E-state index in [1.54, 1.807) is 0 Å². The lowest BCUT2D eigenvalue weighted by molar-refractivity contribution is 0.0667. The van der Waals surface area contributed by atoms with E-state index < -0.39 is 23.5 Å². The van der Waals surface area contributed by atoms with Gasteiger partial charge in [0, 0.05) is 0 Å². The van der Waals surface area contributed by atoms with Crippen molar-refractivity contribution in [3.63, 3.8) is 0 Å². The first-order valence-corrected chi connectivity index (χ1v) is 8.23. The molecule has 0 spiro atoms. The highest BCUT2D eigenvalue weighted by Gasteiger charge is 2.21. The van der Waals surface area contributed by atoms with E-state index in [0.29, 0.717) is 0 Å². The minimum absolute atomic E-state index is 0.00513. The Kier molecular flexibility index (Phi) is 5.45. The molecule has 29 heavy (non-hydrogen) atoms. The van der Waals surface area contributed by atoms with E-state index in [-0.39, 0.29) is 34.1 Å². The largest absolute Gasteiger partial charge is 0.508 e. The van der Waals surface area contributed by atoms with E-state index in [9.17, 15) is 29.7 Å². The Morgan fingerprint density at radius 3 is 1.59 bits per heavy atom. The molecule has 8 nitrogen and oxygen atoms in total. The van der Waals surface area contributed by atoms with Gasteiger partial charge in [0.05, 0.1) is 16.7 Å². The second kappa shape index (κ2) is 8.13. The van der Waals surface area contributed by atoms with Crippen LogP contribution in [0.1, 0.15) is 31.1 Å². The normalized spacial score (nSPS) is 10.2. The van der Waals surface area contributed by atoms with Crippen LogP contribution in [0.4, 0.5) is 0 Å². The number of ether oxygens (including phenoxy) is 2. The molecule has 3 N–H and O–H groups in total. The summed E-state index contributed by atoms with van der Waals surface area (Å²) in [7, 11) is 0. The summed E-state index contributed by atoms with van der Waals surface area (Å²) in [5.41, 5.74) is -0.780. The van der Waals surface area contributed by atoms with E-state index in [2.05, 4.69) is 0 Å². The van der Waals surface area contributed by atoms with E-state index >= 15 is 0 Å². The van der Waals surface area contributed by atoms with Crippen LogP contribution in [0.25, 0.3) is 0 Å². The van der Waals surface area contributed by atoms with E-state index in [0.717, 1.165) is 12.1 Å². The molecule has 0 aliphatic heterocycles. The number of phenols is 2. The number of esters is 2. The van der Waals surface area contributed by atoms with Crippen LogP contribution in [0.2, 0.25) is 0 Å². The third-order valence-electron chi connectivity index (χ3n) is 3.80. The topological polar surface area (TPSA) is 130 Å². The maximum atomic E-state index is 12.3. The van der Waals surface area contributed by atoms with Crippen LogP contribution in [0.15, 0.2) is 66.7 Å². The van der Waals surface area contributed by atoms with Crippen LogP contribution in [0.5, 0.6) is 23.0 Å². The van der Waals surface area contributed by atoms with Gasteiger partial charge in [0.15, 0.2) is 0 Å². The number of aromatic carboxylic acids is 1. The van der Waals surface area contributed by atoms with Gasteiger partial charge in [-0.2, -0.15) is 0 Å². The molecule has 3 rings (SSSR count). The first-order chi connectivity index (χ1) is 13.8. The SMILES string of the molecule is O=C(Oc1ccc(O)cc1)c1ccc(C(=O)Oc2ccc(O)cc2)c(C(=O)O)c1. The molecule has 0 saturated carbocycles. The maximum Gasteiger partial charge on any atom is 0.344 e. The average molecular weight is 394 g/mol. The van der Waals surface area contributed by atoms with Gasteiger partial charge in [-0.3, -0.25) is 0 Å². The van der Waals surface area contributed by atoms with Gasteiger partial charge in [-0.25, -0.2) is 14.4 Å². The van der Waals surface area contributed by atoms with Gasteiger partial charge in [-0.15, -0.1) is 0 Å². The van der Waals surface area contributed by atoms with Crippen LogP contribution >= 0.6 is 0 Å². The smallest absolute Gasteiger partial charge is 0.344 e. The summed E-state index contributed by atoms with van der Waals surface area (Å²) in [6, 6.07) is 14.1. The monoisotopic (exact) mass is 394 g/mol. The Balaban J connectivity index is 1.83. The highest BCUT2D eigenvalue weighted by Crippen LogP contribution is 2.21. The van der Waals surface area contributed by atoms with E-state index in [1.807, 2.05) is 0 Å². The maximum absolute atomic E-state index is 12.3. The van der Waals surface area contributed by atoms with Crippen molar-refractivity contribution in [1.29, 1.82) is 0 Å². The van der Waals surface area contributed by atoms with Crippen molar-refractivity contribution >= 4 is 17.9 Å². The number of carboxylic acid groups (broad SMARTS) is 1. The molecule has 0 fully saturated rings. The molecule has 0 saturated heterocycles. The number of benzene rings is 3. The summed E-state index contributed by atoms with van der Waals surface area (Å²) in [5.74, 6) is -2.97. The number of phenolic OH excluding ortho intramolecular Hbond substituents is 2. The molecule has 0 radical (unpaired) electrons. The first kappa shape index (κ1) is 19.4. The van der Waals surface area contributed by atoms with Crippen molar-refractivity contribution in [2.24, 2.45) is 0 Å². The third kappa shape index (κ3) is 4.69. The predicted molar refractivity (Wildman–Crippen MR) is 99.5 cm³/mol. The highest BCUT2D eigenvalue weighted by atomic mass is 16.5. The number of aromatic hydroxyl groups is 2. The van der Waals surface area contributed by atoms with Crippen molar-refractivity contribution < 1.29 is 39.2 Å². The van der Waals surface area contributed by atoms with Crippen molar-refractivity contribution in [2.75, 3.05) is 0 Å². The molecule has 0 amide bonds. The summed E-state index contributed by atoms with van der Waals surface area (Å²) < 4.78 is 10.2. The van der Waals surface area contributed by atoms with Gasteiger partial charge < -0.3 is 24.8 Å². The fourth-order valence-electron chi connectivity index (χ4n) is 2.38. The van der Waals surface area contributed by atoms with Gasteiger partial charge in [-0.1, -0.05) is 0 Å². The molecule has 0 heterocycles. The molecule has 0 bridgehead atoms. The summed E-state index contributed by atoms with van der Waals surface area (Å²) in [5, 5.41) is 27.9. The molecule has 0 aliphatic rings. The fraction of sp³-hybridized carbons (Fsp3) is 0. The zero-order valence-corrected chi connectivity index (χ0v) is 14.7. The number of carbonyl (C=O) groups is 3.